The summed E-state index contributed by atoms with van der Waals surface area (Å²) in [6.45, 7) is 1.76. The Labute approximate surface area is 117 Å². The molecule has 16 heavy (non-hydrogen) atoms. The van der Waals surface area contributed by atoms with E-state index >= 15 is 0 Å². The third-order valence-electron chi connectivity index (χ3n) is 2.48. The van der Waals surface area contributed by atoms with E-state index in [-0.39, 0.29) is 11.9 Å². The fraction of sp³-hybridized carbons (Fsp3) is 0.500. The van der Waals surface area contributed by atoms with Gasteiger partial charge in [0.25, 0.3) is 5.91 Å². The van der Waals surface area contributed by atoms with Gasteiger partial charge >= 0.3 is 0 Å². The highest BCUT2D eigenvalue weighted by Gasteiger charge is 2.27. The van der Waals surface area contributed by atoms with Gasteiger partial charge in [-0.3, -0.25) is 4.79 Å². The van der Waals surface area contributed by atoms with Crippen molar-refractivity contribution in [2.45, 2.75) is 6.04 Å². The summed E-state index contributed by atoms with van der Waals surface area (Å²) in [5, 5.41) is 1.89. The minimum Gasteiger partial charge on any atom is -0.377 e. The summed E-state index contributed by atoms with van der Waals surface area (Å²) in [4.78, 5) is 14.0. The topological polar surface area (TPSA) is 29.5 Å². The van der Waals surface area contributed by atoms with E-state index in [0.29, 0.717) is 25.6 Å². The number of carbonyl (C=O) groups is 1. The van der Waals surface area contributed by atoms with Crippen molar-refractivity contribution in [2.24, 2.45) is 0 Å². The molecule has 2 heterocycles. The van der Waals surface area contributed by atoms with Crippen molar-refractivity contribution in [1.82, 2.24) is 4.90 Å². The molecule has 0 bridgehead atoms. The molecule has 1 fully saturated rings. The lowest BCUT2D eigenvalue weighted by Crippen LogP contribution is -2.49. The molecule has 3 nitrogen and oxygen atoms in total. The van der Waals surface area contributed by atoms with E-state index in [0.717, 1.165) is 8.45 Å². The standard InChI is InChI=1S/C10H11ClINO2S/c11-4-8-5-15-2-1-13(8)10(14)7-3-9(12)16-6-7/h3,6,8H,1-2,4-5H2. The first kappa shape index (κ1) is 12.6. The number of hydrogen-bond acceptors (Lipinski definition) is 3. The molecule has 2 rings (SSSR count). The smallest absolute Gasteiger partial charge is 0.255 e. The second kappa shape index (κ2) is 5.66. The Morgan fingerprint density at radius 3 is 3.19 bits per heavy atom. The first-order chi connectivity index (χ1) is 7.72. The van der Waals surface area contributed by atoms with E-state index in [1.165, 1.54) is 0 Å². The lowest BCUT2D eigenvalue weighted by Gasteiger charge is -2.34. The highest BCUT2D eigenvalue weighted by atomic mass is 127. The van der Waals surface area contributed by atoms with Crippen molar-refractivity contribution in [3.8, 4) is 0 Å². The van der Waals surface area contributed by atoms with Crippen molar-refractivity contribution in [2.75, 3.05) is 25.6 Å². The van der Waals surface area contributed by atoms with E-state index in [1.807, 2.05) is 16.3 Å². The summed E-state index contributed by atoms with van der Waals surface area (Å²) in [6.07, 6.45) is 0. The van der Waals surface area contributed by atoms with Crippen molar-refractivity contribution >= 4 is 51.4 Å². The molecule has 0 spiro atoms. The minimum absolute atomic E-state index is 0.000442. The average molecular weight is 372 g/mol. The van der Waals surface area contributed by atoms with E-state index < -0.39 is 0 Å². The molecule has 1 saturated heterocycles. The van der Waals surface area contributed by atoms with Crippen LogP contribution in [-0.4, -0.2) is 42.5 Å². The van der Waals surface area contributed by atoms with Crippen molar-refractivity contribution in [3.63, 3.8) is 0 Å². The van der Waals surface area contributed by atoms with E-state index in [1.54, 1.807) is 11.3 Å². The van der Waals surface area contributed by atoms with E-state index in [2.05, 4.69) is 22.6 Å². The Morgan fingerprint density at radius 2 is 2.56 bits per heavy atom. The van der Waals surface area contributed by atoms with Crippen LogP contribution < -0.4 is 0 Å². The van der Waals surface area contributed by atoms with Crippen LogP contribution in [0.25, 0.3) is 0 Å². The van der Waals surface area contributed by atoms with Crippen LogP contribution in [0.4, 0.5) is 0 Å². The van der Waals surface area contributed by atoms with Crippen LogP contribution in [0.3, 0.4) is 0 Å². The predicted octanol–water partition coefficient (Wildman–Crippen LogP) is 2.43. The molecule has 1 aliphatic heterocycles. The van der Waals surface area contributed by atoms with Crippen LogP contribution in [0.1, 0.15) is 10.4 Å². The SMILES string of the molecule is O=C(c1csc(I)c1)N1CCOCC1CCl. The van der Waals surface area contributed by atoms with Gasteiger partial charge in [-0.25, -0.2) is 0 Å². The van der Waals surface area contributed by atoms with Gasteiger partial charge < -0.3 is 9.64 Å². The van der Waals surface area contributed by atoms with Crippen LogP contribution in [0, 0.1) is 2.88 Å². The second-order valence-electron chi connectivity index (χ2n) is 3.52. The number of thiophene rings is 1. The van der Waals surface area contributed by atoms with E-state index in [4.69, 9.17) is 16.3 Å². The fourth-order valence-electron chi connectivity index (χ4n) is 1.64. The molecule has 1 atom stereocenters. The van der Waals surface area contributed by atoms with Gasteiger partial charge in [-0.15, -0.1) is 22.9 Å². The maximum absolute atomic E-state index is 12.2. The van der Waals surface area contributed by atoms with Crippen molar-refractivity contribution in [3.05, 3.63) is 19.9 Å². The minimum atomic E-state index is 0.000442. The summed E-state index contributed by atoms with van der Waals surface area (Å²) in [5.74, 6) is 0.487. The fourth-order valence-corrected chi connectivity index (χ4v) is 3.21. The molecule has 0 aliphatic carbocycles. The number of alkyl halides is 1. The van der Waals surface area contributed by atoms with Crippen molar-refractivity contribution in [1.29, 1.82) is 0 Å². The molecular weight excluding hydrogens is 361 g/mol. The van der Waals surface area contributed by atoms with Gasteiger partial charge in [0.2, 0.25) is 0 Å². The molecule has 1 aliphatic rings. The van der Waals surface area contributed by atoms with Crippen LogP contribution in [0.5, 0.6) is 0 Å². The lowest BCUT2D eigenvalue weighted by atomic mass is 10.2. The average Bonchev–Trinajstić information content (AvgIpc) is 2.75. The van der Waals surface area contributed by atoms with Gasteiger partial charge in [-0.1, -0.05) is 0 Å². The maximum atomic E-state index is 12.2. The van der Waals surface area contributed by atoms with Gasteiger partial charge in [-0.05, 0) is 28.7 Å². The molecule has 0 N–H and O–H groups in total. The number of morpholine rings is 1. The molecule has 1 aromatic heterocycles. The first-order valence-corrected chi connectivity index (χ1v) is 7.40. The summed E-state index contributed by atoms with van der Waals surface area (Å²) in [5.41, 5.74) is 0.756. The highest BCUT2D eigenvalue weighted by Crippen LogP contribution is 2.20. The number of amides is 1. The molecule has 1 unspecified atom stereocenters. The largest absolute Gasteiger partial charge is 0.377 e. The second-order valence-corrected chi connectivity index (χ2v) is 6.64. The molecule has 1 amide bonds. The number of rotatable bonds is 2. The van der Waals surface area contributed by atoms with Crippen LogP contribution in [-0.2, 0) is 4.74 Å². The van der Waals surface area contributed by atoms with Crippen molar-refractivity contribution < 1.29 is 9.53 Å². The van der Waals surface area contributed by atoms with Gasteiger partial charge in [-0.2, -0.15) is 0 Å². The summed E-state index contributed by atoms with van der Waals surface area (Å²) in [7, 11) is 0. The number of ether oxygens (including phenoxy) is 1. The van der Waals surface area contributed by atoms with Crippen LogP contribution in [0.2, 0.25) is 0 Å². The van der Waals surface area contributed by atoms with Gasteiger partial charge in [0.1, 0.15) is 0 Å². The summed E-state index contributed by atoms with van der Waals surface area (Å²) < 4.78 is 6.44. The Hall–Kier alpha value is 0.150. The summed E-state index contributed by atoms with van der Waals surface area (Å²) >= 11 is 9.64. The molecule has 0 radical (unpaired) electrons. The monoisotopic (exact) mass is 371 g/mol. The zero-order chi connectivity index (χ0) is 11.5. The lowest BCUT2D eigenvalue weighted by molar-refractivity contribution is 0.00459. The van der Waals surface area contributed by atoms with Gasteiger partial charge in [0, 0.05) is 17.8 Å². The zero-order valence-corrected chi connectivity index (χ0v) is 12.2. The molecule has 6 heteroatoms. The molecule has 1 aromatic rings. The maximum Gasteiger partial charge on any atom is 0.255 e. The van der Waals surface area contributed by atoms with Gasteiger partial charge in [0.05, 0.1) is 27.7 Å². The predicted molar refractivity (Wildman–Crippen MR) is 73.4 cm³/mol. The van der Waals surface area contributed by atoms with Gasteiger partial charge in [0.15, 0.2) is 0 Å². The van der Waals surface area contributed by atoms with Crippen LogP contribution >= 0.6 is 45.5 Å². The highest BCUT2D eigenvalue weighted by molar-refractivity contribution is 14.1. The molecule has 0 saturated carbocycles. The normalized spacial score (nSPS) is 21.1. The quantitative estimate of drug-likeness (QED) is 0.590. The molecule has 0 aromatic carbocycles. The van der Waals surface area contributed by atoms with E-state index in [9.17, 15) is 4.79 Å². The zero-order valence-electron chi connectivity index (χ0n) is 8.49. The Kier molecular flexibility index (Phi) is 4.46. The summed E-state index contributed by atoms with van der Waals surface area (Å²) in [6, 6.07) is 1.91. The number of halogens is 2. The first-order valence-electron chi connectivity index (χ1n) is 4.91. The Balaban J connectivity index is 2.13. The molecular formula is C10H11ClINO2S. The third-order valence-corrected chi connectivity index (χ3v) is 4.63. The molecule has 88 valence electrons. The number of nitrogens with zero attached hydrogens (tertiary/aromatic N) is 1. The van der Waals surface area contributed by atoms with Crippen LogP contribution in [0.15, 0.2) is 11.4 Å². The Bertz CT molecular complexity index is 385. The number of hydrogen-bond donors (Lipinski definition) is 0. The number of carbonyl (C=O) groups excluding carboxylic acids is 1. The third kappa shape index (κ3) is 2.69. The Morgan fingerprint density at radius 1 is 1.75 bits per heavy atom.